The quantitative estimate of drug-likeness (QED) is 0.762. The molecule has 0 amide bonds. The van der Waals surface area contributed by atoms with E-state index in [0.29, 0.717) is 24.1 Å². The normalized spacial score (nSPS) is 28.0. The standard InChI is InChI=1S/C14H20N2O2/c1-9-2-3-12(8-15)13(16-9)10-4-6-11(7-5-10)14(17)18/h4-7,9,12-13,16H,2-3,8,15H2,1H3,(H,17,18). The van der Waals surface area contributed by atoms with Gasteiger partial charge in [-0.3, -0.25) is 0 Å². The molecule has 0 bridgehead atoms. The Hall–Kier alpha value is -1.39. The summed E-state index contributed by atoms with van der Waals surface area (Å²) in [6.45, 7) is 2.83. The Balaban J connectivity index is 2.20. The van der Waals surface area contributed by atoms with Gasteiger partial charge in [0, 0.05) is 12.1 Å². The van der Waals surface area contributed by atoms with Gasteiger partial charge in [-0.15, -0.1) is 0 Å². The molecule has 1 aliphatic heterocycles. The number of nitrogens with one attached hydrogen (secondary N) is 1. The van der Waals surface area contributed by atoms with Gasteiger partial charge in [0.05, 0.1) is 5.56 Å². The molecule has 1 heterocycles. The molecule has 1 fully saturated rings. The van der Waals surface area contributed by atoms with Crippen LogP contribution in [-0.2, 0) is 0 Å². The number of carboxylic acid groups (broad SMARTS) is 1. The predicted molar refractivity (Wildman–Crippen MR) is 70.5 cm³/mol. The summed E-state index contributed by atoms with van der Waals surface area (Å²) in [5.41, 5.74) is 7.27. The van der Waals surface area contributed by atoms with Gasteiger partial charge < -0.3 is 16.2 Å². The number of aromatic carboxylic acids is 1. The van der Waals surface area contributed by atoms with Crippen molar-refractivity contribution < 1.29 is 9.90 Å². The van der Waals surface area contributed by atoms with E-state index in [1.807, 2.05) is 12.1 Å². The summed E-state index contributed by atoms with van der Waals surface area (Å²) in [7, 11) is 0. The molecule has 98 valence electrons. The topological polar surface area (TPSA) is 75.4 Å². The van der Waals surface area contributed by atoms with Crippen molar-refractivity contribution in [2.24, 2.45) is 11.7 Å². The van der Waals surface area contributed by atoms with Crippen LogP contribution in [0, 0.1) is 5.92 Å². The Morgan fingerprint density at radius 3 is 2.61 bits per heavy atom. The van der Waals surface area contributed by atoms with Gasteiger partial charge in [-0.1, -0.05) is 12.1 Å². The Kier molecular flexibility index (Phi) is 3.99. The van der Waals surface area contributed by atoms with E-state index in [9.17, 15) is 4.79 Å². The Morgan fingerprint density at radius 1 is 1.39 bits per heavy atom. The maximum Gasteiger partial charge on any atom is 0.335 e. The lowest BCUT2D eigenvalue weighted by molar-refractivity contribution is 0.0697. The van der Waals surface area contributed by atoms with Gasteiger partial charge in [0.1, 0.15) is 0 Å². The summed E-state index contributed by atoms with van der Waals surface area (Å²) in [6, 6.07) is 7.82. The number of hydrogen-bond acceptors (Lipinski definition) is 3. The predicted octanol–water partition coefficient (Wildman–Crippen LogP) is 1.77. The molecule has 1 aromatic carbocycles. The molecular formula is C14H20N2O2. The number of rotatable bonds is 3. The molecule has 4 nitrogen and oxygen atoms in total. The fourth-order valence-electron chi connectivity index (χ4n) is 2.61. The molecule has 1 aromatic rings. The third-order valence-electron chi connectivity index (χ3n) is 3.73. The summed E-state index contributed by atoms with van der Waals surface area (Å²) >= 11 is 0. The summed E-state index contributed by atoms with van der Waals surface area (Å²) in [6.07, 6.45) is 2.27. The van der Waals surface area contributed by atoms with Gasteiger partial charge in [0.25, 0.3) is 0 Å². The average molecular weight is 248 g/mol. The van der Waals surface area contributed by atoms with Crippen molar-refractivity contribution in [3.05, 3.63) is 35.4 Å². The fourth-order valence-corrected chi connectivity index (χ4v) is 2.61. The highest BCUT2D eigenvalue weighted by Crippen LogP contribution is 2.30. The Labute approximate surface area is 107 Å². The monoisotopic (exact) mass is 248 g/mol. The van der Waals surface area contributed by atoms with Gasteiger partial charge in [0.15, 0.2) is 0 Å². The number of piperidine rings is 1. The van der Waals surface area contributed by atoms with Crippen molar-refractivity contribution in [2.45, 2.75) is 31.8 Å². The maximum absolute atomic E-state index is 10.8. The molecule has 0 radical (unpaired) electrons. The Bertz CT molecular complexity index is 416. The number of carbonyl (C=O) groups is 1. The average Bonchev–Trinajstić information content (AvgIpc) is 2.39. The van der Waals surface area contributed by atoms with Crippen LogP contribution >= 0.6 is 0 Å². The summed E-state index contributed by atoms with van der Waals surface area (Å²) < 4.78 is 0. The van der Waals surface area contributed by atoms with Crippen LogP contribution in [0.1, 0.15) is 41.7 Å². The first kappa shape index (κ1) is 13.1. The van der Waals surface area contributed by atoms with E-state index >= 15 is 0 Å². The number of hydrogen-bond donors (Lipinski definition) is 3. The van der Waals surface area contributed by atoms with Gasteiger partial charge in [-0.05, 0) is 49.9 Å². The first-order valence-corrected chi connectivity index (χ1v) is 6.41. The Morgan fingerprint density at radius 2 is 2.06 bits per heavy atom. The molecule has 0 aliphatic carbocycles. The highest BCUT2D eigenvalue weighted by Gasteiger charge is 2.28. The smallest absolute Gasteiger partial charge is 0.335 e. The number of nitrogens with two attached hydrogens (primary N) is 1. The minimum atomic E-state index is -0.887. The second kappa shape index (κ2) is 5.50. The van der Waals surface area contributed by atoms with Crippen molar-refractivity contribution in [1.82, 2.24) is 5.32 Å². The van der Waals surface area contributed by atoms with E-state index in [-0.39, 0.29) is 6.04 Å². The third-order valence-corrected chi connectivity index (χ3v) is 3.73. The molecule has 2 rings (SSSR count). The molecule has 0 spiro atoms. The van der Waals surface area contributed by atoms with Crippen molar-refractivity contribution in [1.29, 1.82) is 0 Å². The van der Waals surface area contributed by atoms with Crippen molar-refractivity contribution in [2.75, 3.05) is 6.54 Å². The maximum atomic E-state index is 10.8. The minimum absolute atomic E-state index is 0.238. The summed E-state index contributed by atoms with van der Waals surface area (Å²) in [4.78, 5) is 10.8. The first-order valence-electron chi connectivity index (χ1n) is 6.41. The minimum Gasteiger partial charge on any atom is -0.478 e. The first-order chi connectivity index (χ1) is 8.61. The molecule has 4 heteroatoms. The zero-order chi connectivity index (χ0) is 13.1. The molecular weight excluding hydrogens is 228 g/mol. The lowest BCUT2D eigenvalue weighted by atomic mass is 9.84. The van der Waals surface area contributed by atoms with Crippen LogP contribution in [0.2, 0.25) is 0 Å². The van der Waals surface area contributed by atoms with Crippen LogP contribution in [0.5, 0.6) is 0 Å². The van der Waals surface area contributed by atoms with Crippen LogP contribution in [0.25, 0.3) is 0 Å². The van der Waals surface area contributed by atoms with E-state index in [0.717, 1.165) is 18.4 Å². The highest BCUT2D eigenvalue weighted by atomic mass is 16.4. The van der Waals surface area contributed by atoms with Gasteiger partial charge in [-0.25, -0.2) is 4.79 Å². The molecule has 1 aliphatic rings. The fraction of sp³-hybridized carbons (Fsp3) is 0.500. The highest BCUT2D eigenvalue weighted by molar-refractivity contribution is 5.87. The molecule has 0 saturated carbocycles. The second-order valence-electron chi connectivity index (χ2n) is 5.05. The van der Waals surface area contributed by atoms with E-state index < -0.39 is 5.97 Å². The zero-order valence-corrected chi connectivity index (χ0v) is 10.6. The van der Waals surface area contributed by atoms with E-state index in [1.165, 1.54) is 0 Å². The van der Waals surface area contributed by atoms with Gasteiger partial charge in [0.2, 0.25) is 0 Å². The van der Waals surface area contributed by atoms with E-state index in [4.69, 9.17) is 10.8 Å². The SMILES string of the molecule is CC1CCC(CN)C(c2ccc(C(=O)O)cc2)N1. The summed E-state index contributed by atoms with van der Waals surface area (Å²) in [5.74, 6) is -0.459. The third kappa shape index (κ3) is 2.71. The van der Waals surface area contributed by atoms with Crippen LogP contribution in [0.3, 0.4) is 0 Å². The number of carboxylic acids is 1. The van der Waals surface area contributed by atoms with Crippen LogP contribution in [-0.4, -0.2) is 23.7 Å². The number of benzene rings is 1. The lowest BCUT2D eigenvalue weighted by Gasteiger charge is -2.36. The summed E-state index contributed by atoms with van der Waals surface area (Å²) in [5, 5.41) is 12.4. The van der Waals surface area contributed by atoms with Crippen molar-refractivity contribution in [3.63, 3.8) is 0 Å². The lowest BCUT2D eigenvalue weighted by Crippen LogP contribution is -2.42. The van der Waals surface area contributed by atoms with Crippen LogP contribution in [0.4, 0.5) is 0 Å². The van der Waals surface area contributed by atoms with Crippen molar-refractivity contribution >= 4 is 5.97 Å². The zero-order valence-electron chi connectivity index (χ0n) is 10.6. The van der Waals surface area contributed by atoms with Gasteiger partial charge >= 0.3 is 5.97 Å². The molecule has 3 unspecified atom stereocenters. The second-order valence-corrected chi connectivity index (χ2v) is 5.05. The van der Waals surface area contributed by atoms with Crippen molar-refractivity contribution in [3.8, 4) is 0 Å². The molecule has 0 aromatic heterocycles. The van der Waals surface area contributed by atoms with E-state index in [1.54, 1.807) is 12.1 Å². The van der Waals surface area contributed by atoms with Crippen LogP contribution < -0.4 is 11.1 Å². The molecule has 1 saturated heterocycles. The van der Waals surface area contributed by atoms with Crippen LogP contribution in [0.15, 0.2) is 24.3 Å². The molecule has 18 heavy (non-hydrogen) atoms. The molecule has 4 N–H and O–H groups in total. The largest absolute Gasteiger partial charge is 0.478 e. The van der Waals surface area contributed by atoms with E-state index in [2.05, 4.69) is 12.2 Å². The molecule has 3 atom stereocenters. The van der Waals surface area contributed by atoms with Gasteiger partial charge in [-0.2, -0.15) is 0 Å².